The van der Waals surface area contributed by atoms with Crippen LogP contribution < -0.4 is 4.74 Å². The Bertz CT molecular complexity index is 961. The Morgan fingerprint density at radius 2 is 1.21 bits per heavy atom. The zero-order valence-electron chi connectivity index (χ0n) is 20.0. The van der Waals surface area contributed by atoms with Crippen molar-refractivity contribution >= 4 is 22.2 Å². The second kappa shape index (κ2) is 13.9. The zero-order valence-corrected chi connectivity index (χ0v) is 20.7. The number of rotatable bonds is 13. The maximum Gasteiger partial charge on any atom is 0.119 e. The van der Waals surface area contributed by atoms with Crippen LogP contribution in [0.25, 0.3) is 10.6 Å². The molecule has 3 rings (SSSR count). The highest BCUT2D eigenvalue weighted by Gasteiger charge is 2.12. The Hall–Kier alpha value is -2.55. The average molecular weight is 462 g/mol. The van der Waals surface area contributed by atoms with Crippen LogP contribution >= 0.6 is 11.6 Å². The summed E-state index contributed by atoms with van der Waals surface area (Å²) in [5, 5.41) is 0.749. The molecule has 3 heteroatoms. The van der Waals surface area contributed by atoms with Crippen molar-refractivity contribution in [2.75, 3.05) is 26.2 Å². The van der Waals surface area contributed by atoms with Gasteiger partial charge in [0.1, 0.15) is 5.75 Å². The lowest BCUT2D eigenvalue weighted by Crippen LogP contribution is -2.26. The molecule has 0 amide bonds. The number of benzene rings is 3. The van der Waals surface area contributed by atoms with Crippen molar-refractivity contribution in [1.82, 2.24) is 4.90 Å². The van der Waals surface area contributed by atoms with Gasteiger partial charge in [-0.25, -0.2) is 0 Å². The molecule has 0 saturated heterocycles. The fourth-order valence-corrected chi connectivity index (χ4v) is 4.41. The molecular weight excluding hydrogens is 426 g/mol. The van der Waals surface area contributed by atoms with Crippen LogP contribution in [0.1, 0.15) is 56.2 Å². The van der Waals surface area contributed by atoms with E-state index in [1.54, 1.807) is 0 Å². The molecule has 0 N–H and O–H groups in total. The summed E-state index contributed by atoms with van der Waals surface area (Å²) in [5.74, 6) is 0.904. The van der Waals surface area contributed by atoms with Crippen LogP contribution in [0.5, 0.6) is 5.75 Å². The molecule has 0 saturated carbocycles. The Labute approximate surface area is 204 Å². The smallest absolute Gasteiger partial charge is 0.119 e. The van der Waals surface area contributed by atoms with Crippen LogP contribution in [-0.2, 0) is 0 Å². The van der Waals surface area contributed by atoms with Gasteiger partial charge < -0.3 is 9.64 Å². The van der Waals surface area contributed by atoms with Crippen molar-refractivity contribution in [3.8, 4) is 5.75 Å². The topological polar surface area (TPSA) is 12.5 Å². The second-order valence-corrected chi connectivity index (χ2v) is 8.72. The Morgan fingerprint density at radius 3 is 1.79 bits per heavy atom. The van der Waals surface area contributed by atoms with E-state index in [9.17, 15) is 0 Å². The molecule has 0 radical (unpaired) electrons. The molecule has 0 fully saturated rings. The molecule has 0 unspecified atom stereocenters. The molecule has 3 aromatic carbocycles. The SMILES string of the molecule is CCCN(CCC)CCCCOc1ccc(/C(=C(\Cl)c2ccccc2)c2ccccc2)cc1. The molecule has 0 aliphatic heterocycles. The normalized spacial score (nSPS) is 12.0. The number of nitrogens with zero attached hydrogens (tertiary/aromatic N) is 1. The van der Waals surface area contributed by atoms with Crippen LogP contribution in [0, 0.1) is 0 Å². The van der Waals surface area contributed by atoms with E-state index in [0.717, 1.165) is 52.6 Å². The predicted octanol–water partition coefficient (Wildman–Crippen LogP) is 8.12. The van der Waals surface area contributed by atoms with Crippen molar-refractivity contribution in [1.29, 1.82) is 0 Å². The highest BCUT2D eigenvalue weighted by atomic mass is 35.5. The van der Waals surface area contributed by atoms with Gasteiger partial charge in [0.15, 0.2) is 0 Å². The van der Waals surface area contributed by atoms with E-state index < -0.39 is 0 Å². The van der Waals surface area contributed by atoms with E-state index in [4.69, 9.17) is 16.3 Å². The van der Waals surface area contributed by atoms with Gasteiger partial charge in [-0.15, -0.1) is 0 Å². The Morgan fingerprint density at radius 1 is 0.667 bits per heavy atom. The molecular formula is C30H36ClNO. The van der Waals surface area contributed by atoms with Crippen molar-refractivity contribution in [3.63, 3.8) is 0 Å². The second-order valence-electron chi connectivity index (χ2n) is 8.34. The number of hydrogen-bond donors (Lipinski definition) is 0. The first-order chi connectivity index (χ1) is 16.2. The first-order valence-corrected chi connectivity index (χ1v) is 12.6. The van der Waals surface area contributed by atoms with Gasteiger partial charge >= 0.3 is 0 Å². The van der Waals surface area contributed by atoms with Crippen LogP contribution in [0.15, 0.2) is 84.9 Å². The first kappa shape index (κ1) is 25.1. The van der Waals surface area contributed by atoms with Crippen molar-refractivity contribution in [2.45, 2.75) is 39.5 Å². The minimum atomic E-state index is 0.748. The zero-order chi connectivity index (χ0) is 23.3. The third kappa shape index (κ3) is 7.77. The fourth-order valence-electron chi connectivity index (χ4n) is 4.07. The van der Waals surface area contributed by atoms with Gasteiger partial charge in [-0.2, -0.15) is 0 Å². The number of halogens is 1. The lowest BCUT2D eigenvalue weighted by molar-refractivity contribution is 0.250. The molecule has 174 valence electrons. The van der Waals surface area contributed by atoms with Gasteiger partial charge in [0.25, 0.3) is 0 Å². The minimum Gasteiger partial charge on any atom is -0.494 e. The van der Waals surface area contributed by atoms with Gasteiger partial charge in [-0.1, -0.05) is 98.2 Å². The van der Waals surface area contributed by atoms with E-state index in [1.165, 1.54) is 32.4 Å². The van der Waals surface area contributed by atoms with Crippen LogP contribution in [-0.4, -0.2) is 31.1 Å². The third-order valence-electron chi connectivity index (χ3n) is 5.67. The van der Waals surface area contributed by atoms with E-state index in [0.29, 0.717) is 0 Å². The summed E-state index contributed by atoms with van der Waals surface area (Å²) in [5.41, 5.74) is 4.22. The summed E-state index contributed by atoms with van der Waals surface area (Å²) < 4.78 is 6.03. The monoisotopic (exact) mass is 461 g/mol. The van der Waals surface area contributed by atoms with Crippen LogP contribution in [0.4, 0.5) is 0 Å². The fraction of sp³-hybridized carbons (Fsp3) is 0.333. The summed E-state index contributed by atoms with van der Waals surface area (Å²) in [7, 11) is 0. The summed E-state index contributed by atoms with van der Waals surface area (Å²) in [4.78, 5) is 2.56. The molecule has 0 aliphatic rings. The van der Waals surface area contributed by atoms with Crippen LogP contribution in [0.3, 0.4) is 0 Å². The quantitative estimate of drug-likeness (QED) is 0.188. The van der Waals surface area contributed by atoms with Crippen molar-refractivity contribution < 1.29 is 4.74 Å². The number of ether oxygens (including phenoxy) is 1. The van der Waals surface area contributed by atoms with Crippen molar-refractivity contribution in [3.05, 3.63) is 102 Å². The number of hydrogen-bond acceptors (Lipinski definition) is 2. The standard InChI is InChI=1S/C30H36ClNO/c1-3-21-32(22-4-2)23-11-12-24-33-28-19-17-26(18-20-28)29(25-13-7-5-8-14-25)30(31)27-15-9-6-10-16-27/h5-10,13-20H,3-4,11-12,21-24H2,1-2H3/b30-29-. The molecule has 0 heterocycles. The lowest BCUT2D eigenvalue weighted by atomic mass is 9.95. The van der Waals surface area contributed by atoms with E-state index in [1.807, 2.05) is 60.7 Å². The maximum atomic E-state index is 6.91. The summed E-state index contributed by atoms with van der Waals surface area (Å²) in [6.45, 7) is 8.80. The lowest BCUT2D eigenvalue weighted by Gasteiger charge is -2.20. The summed E-state index contributed by atoms with van der Waals surface area (Å²) in [6, 6.07) is 28.8. The molecule has 0 aromatic heterocycles. The first-order valence-electron chi connectivity index (χ1n) is 12.2. The molecule has 0 spiro atoms. The Kier molecular flexibility index (Phi) is 10.5. The van der Waals surface area contributed by atoms with Gasteiger partial charge in [0.2, 0.25) is 0 Å². The van der Waals surface area contributed by atoms with E-state index in [-0.39, 0.29) is 0 Å². The van der Waals surface area contributed by atoms with Gasteiger partial charge in [0.05, 0.1) is 11.6 Å². The van der Waals surface area contributed by atoms with Gasteiger partial charge in [-0.05, 0) is 74.1 Å². The molecule has 0 bridgehead atoms. The van der Waals surface area contributed by atoms with Crippen molar-refractivity contribution in [2.24, 2.45) is 0 Å². The van der Waals surface area contributed by atoms with Gasteiger partial charge in [0, 0.05) is 5.57 Å². The molecule has 0 aliphatic carbocycles. The maximum absolute atomic E-state index is 6.91. The summed E-state index contributed by atoms with van der Waals surface area (Å²) >= 11 is 6.91. The van der Waals surface area contributed by atoms with Gasteiger partial charge in [-0.3, -0.25) is 0 Å². The largest absolute Gasteiger partial charge is 0.494 e. The van der Waals surface area contributed by atoms with E-state index in [2.05, 4.69) is 43.0 Å². The average Bonchev–Trinajstić information content (AvgIpc) is 2.86. The molecule has 0 atom stereocenters. The highest BCUT2D eigenvalue weighted by Crippen LogP contribution is 2.35. The highest BCUT2D eigenvalue weighted by molar-refractivity contribution is 6.53. The third-order valence-corrected chi connectivity index (χ3v) is 6.08. The number of unbranched alkanes of at least 4 members (excludes halogenated alkanes) is 1. The minimum absolute atomic E-state index is 0.748. The molecule has 2 nitrogen and oxygen atoms in total. The summed E-state index contributed by atoms with van der Waals surface area (Å²) in [6.07, 6.45) is 4.68. The molecule has 33 heavy (non-hydrogen) atoms. The Balaban J connectivity index is 1.65. The predicted molar refractivity (Wildman–Crippen MR) is 143 cm³/mol. The molecule has 3 aromatic rings. The van der Waals surface area contributed by atoms with E-state index >= 15 is 0 Å². The van der Waals surface area contributed by atoms with Crippen LogP contribution in [0.2, 0.25) is 0 Å².